The third kappa shape index (κ3) is 2.00. The molecular weight excluding hydrogens is 260 g/mol. The lowest BCUT2D eigenvalue weighted by molar-refractivity contribution is 0.484. The molecule has 4 heteroatoms. The Kier molecular flexibility index (Phi) is 2.91. The molecule has 1 fully saturated rings. The summed E-state index contributed by atoms with van der Waals surface area (Å²) in [5.41, 5.74) is -0.301. The van der Waals surface area contributed by atoms with Gasteiger partial charge in [-0.25, -0.2) is 0 Å². The van der Waals surface area contributed by atoms with Crippen LogP contribution >= 0.6 is 27.3 Å². The molecule has 1 aromatic rings. The van der Waals surface area contributed by atoms with E-state index in [2.05, 4.69) is 38.8 Å². The lowest BCUT2D eigenvalue weighted by Gasteiger charge is -2.19. The molecule has 0 saturated carbocycles. The van der Waals surface area contributed by atoms with Gasteiger partial charge in [-0.2, -0.15) is 5.26 Å². The van der Waals surface area contributed by atoms with Crippen LogP contribution in [-0.4, -0.2) is 12.1 Å². The highest BCUT2D eigenvalue weighted by atomic mass is 79.9. The van der Waals surface area contributed by atoms with E-state index in [1.54, 1.807) is 11.3 Å². The highest BCUT2D eigenvalue weighted by Crippen LogP contribution is 2.28. The zero-order chi connectivity index (χ0) is 10.0. The Balaban J connectivity index is 2.13. The van der Waals surface area contributed by atoms with Crippen LogP contribution in [0, 0.1) is 11.3 Å². The van der Waals surface area contributed by atoms with Crippen molar-refractivity contribution in [3.05, 3.63) is 20.8 Å². The molecule has 1 aliphatic heterocycles. The van der Waals surface area contributed by atoms with Crippen LogP contribution < -0.4 is 5.32 Å². The Labute approximate surface area is 96.1 Å². The van der Waals surface area contributed by atoms with Crippen molar-refractivity contribution in [3.63, 3.8) is 0 Å². The van der Waals surface area contributed by atoms with Crippen LogP contribution in [0.15, 0.2) is 15.9 Å². The molecule has 2 nitrogen and oxygen atoms in total. The zero-order valence-corrected chi connectivity index (χ0v) is 10.1. The SMILES string of the molecule is N#CC1(Cc2cc(Br)cs2)CCCN1. The highest BCUT2D eigenvalue weighted by Gasteiger charge is 2.33. The topological polar surface area (TPSA) is 35.8 Å². The minimum atomic E-state index is -0.301. The van der Waals surface area contributed by atoms with Crippen LogP contribution in [-0.2, 0) is 6.42 Å². The van der Waals surface area contributed by atoms with Crippen LogP contribution in [0.5, 0.6) is 0 Å². The highest BCUT2D eigenvalue weighted by molar-refractivity contribution is 9.10. The maximum atomic E-state index is 9.17. The second kappa shape index (κ2) is 4.01. The molecular formula is C10H11BrN2S. The van der Waals surface area contributed by atoms with Crippen LogP contribution in [0.4, 0.5) is 0 Å². The molecule has 1 N–H and O–H groups in total. The summed E-state index contributed by atoms with van der Waals surface area (Å²) in [5.74, 6) is 0. The Morgan fingerprint density at radius 2 is 2.57 bits per heavy atom. The van der Waals surface area contributed by atoms with E-state index >= 15 is 0 Å². The second-order valence-corrected chi connectivity index (χ2v) is 5.54. The summed E-state index contributed by atoms with van der Waals surface area (Å²) >= 11 is 5.14. The predicted octanol–water partition coefficient (Wildman–Crippen LogP) is 2.70. The van der Waals surface area contributed by atoms with Gasteiger partial charge in [-0.3, -0.25) is 5.32 Å². The molecule has 1 unspecified atom stereocenters. The normalized spacial score (nSPS) is 26.3. The van der Waals surface area contributed by atoms with E-state index in [0.717, 1.165) is 30.3 Å². The Morgan fingerprint density at radius 1 is 1.71 bits per heavy atom. The molecule has 0 aliphatic carbocycles. The average molecular weight is 271 g/mol. The van der Waals surface area contributed by atoms with E-state index in [1.807, 2.05) is 0 Å². The van der Waals surface area contributed by atoms with Gasteiger partial charge in [0.1, 0.15) is 5.54 Å². The van der Waals surface area contributed by atoms with Crippen molar-refractivity contribution in [2.45, 2.75) is 24.8 Å². The number of nitrogens with zero attached hydrogens (tertiary/aromatic N) is 1. The number of nitrogens with one attached hydrogen (secondary N) is 1. The minimum absolute atomic E-state index is 0.301. The van der Waals surface area contributed by atoms with Gasteiger partial charge in [0.2, 0.25) is 0 Å². The van der Waals surface area contributed by atoms with Gasteiger partial charge < -0.3 is 0 Å². The van der Waals surface area contributed by atoms with Crippen molar-refractivity contribution in [2.75, 3.05) is 6.54 Å². The fourth-order valence-electron chi connectivity index (χ4n) is 1.84. The molecule has 14 heavy (non-hydrogen) atoms. The maximum absolute atomic E-state index is 9.17. The summed E-state index contributed by atoms with van der Waals surface area (Å²) in [6.45, 7) is 0.972. The van der Waals surface area contributed by atoms with E-state index in [1.165, 1.54) is 4.88 Å². The second-order valence-electron chi connectivity index (χ2n) is 3.63. The Hall–Kier alpha value is -0.370. The van der Waals surface area contributed by atoms with Crippen LogP contribution in [0.3, 0.4) is 0 Å². The zero-order valence-electron chi connectivity index (χ0n) is 7.72. The predicted molar refractivity (Wildman–Crippen MR) is 61.3 cm³/mol. The molecule has 0 amide bonds. The Morgan fingerprint density at radius 3 is 3.07 bits per heavy atom. The molecule has 1 saturated heterocycles. The fourth-order valence-corrected chi connectivity index (χ4v) is 3.40. The van der Waals surface area contributed by atoms with Gasteiger partial charge in [0.15, 0.2) is 0 Å². The quantitative estimate of drug-likeness (QED) is 0.897. The lowest BCUT2D eigenvalue weighted by atomic mass is 9.94. The van der Waals surface area contributed by atoms with Gasteiger partial charge in [0, 0.05) is 21.2 Å². The molecule has 0 bridgehead atoms. The minimum Gasteiger partial charge on any atom is -0.299 e. The van der Waals surface area contributed by atoms with Crippen molar-refractivity contribution in [1.82, 2.24) is 5.32 Å². The summed E-state index contributed by atoms with van der Waals surface area (Å²) in [6.07, 6.45) is 2.92. The van der Waals surface area contributed by atoms with E-state index in [9.17, 15) is 0 Å². The molecule has 1 aliphatic rings. The van der Waals surface area contributed by atoms with Crippen molar-refractivity contribution < 1.29 is 0 Å². The molecule has 0 radical (unpaired) electrons. The monoisotopic (exact) mass is 270 g/mol. The van der Waals surface area contributed by atoms with Gasteiger partial charge in [0.05, 0.1) is 6.07 Å². The van der Waals surface area contributed by atoms with Gasteiger partial charge in [-0.05, 0) is 41.4 Å². The average Bonchev–Trinajstić information content (AvgIpc) is 2.77. The van der Waals surface area contributed by atoms with Crippen LogP contribution in [0.1, 0.15) is 17.7 Å². The molecule has 2 rings (SSSR count). The smallest absolute Gasteiger partial charge is 0.111 e. The molecule has 1 aromatic heterocycles. The van der Waals surface area contributed by atoms with E-state index in [-0.39, 0.29) is 5.54 Å². The van der Waals surface area contributed by atoms with Crippen molar-refractivity contribution in [3.8, 4) is 6.07 Å². The first-order valence-corrected chi connectivity index (χ1v) is 6.31. The number of hydrogen-bond acceptors (Lipinski definition) is 3. The summed E-state index contributed by atoms with van der Waals surface area (Å²) in [5, 5.41) is 14.5. The molecule has 1 atom stereocenters. The lowest BCUT2D eigenvalue weighted by Crippen LogP contribution is -2.39. The summed E-state index contributed by atoms with van der Waals surface area (Å²) in [7, 11) is 0. The van der Waals surface area contributed by atoms with Crippen molar-refractivity contribution >= 4 is 27.3 Å². The molecule has 2 heterocycles. The number of hydrogen-bond donors (Lipinski definition) is 1. The standard InChI is InChI=1S/C10H11BrN2S/c11-8-4-9(14-6-8)5-10(7-12)2-1-3-13-10/h4,6,13H,1-3,5H2. The largest absolute Gasteiger partial charge is 0.299 e. The first kappa shape index (κ1) is 10.2. The van der Waals surface area contributed by atoms with Crippen molar-refractivity contribution in [1.29, 1.82) is 5.26 Å². The van der Waals surface area contributed by atoms with E-state index in [4.69, 9.17) is 5.26 Å². The summed E-state index contributed by atoms with van der Waals surface area (Å²) in [6, 6.07) is 4.52. The van der Waals surface area contributed by atoms with Crippen molar-refractivity contribution in [2.24, 2.45) is 0 Å². The fraction of sp³-hybridized carbons (Fsp3) is 0.500. The Bertz CT molecular complexity index is 360. The number of thiophene rings is 1. The van der Waals surface area contributed by atoms with Gasteiger partial charge in [0.25, 0.3) is 0 Å². The molecule has 0 spiro atoms. The number of nitriles is 1. The van der Waals surface area contributed by atoms with Gasteiger partial charge in [-0.1, -0.05) is 0 Å². The van der Waals surface area contributed by atoms with Crippen LogP contribution in [0.25, 0.3) is 0 Å². The van der Waals surface area contributed by atoms with Gasteiger partial charge >= 0.3 is 0 Å². The van der Waals surface area contributed by atoms with E-state index < -0.39 is 0 Å². The third-order valence-electron chi connectivity index (χ3n) is 2.56. The molecule has 0 aromatic carbocycles. The van der Waals surface area contributed by atoms with E-state index in [0.29, 0.717) is 0 Å². The third-order valence-corrected chi connectivity index (χ3v) is 4.25. The first-order valence-electron chi connectivity index (χ1n) is 4.63. The number of halogens is 1. The summed E-state index contributed by atoms with van der Waals surface area (Å²) in [4.78, 5) is 1.27. The molecule has 74 valence electrons. The maximum Gasteiger partial charge on any atom is 0.111 e. The number of rotatable bonds is 2. The first-order chi connectivity index (χ1) is 6.74. The van der Waals surface area contributed by atoms with Gasteiger partial charge in [-0.15, -0.1) is 11.3 Å². The summed E-state index contributed by atoms with van der Waals surface area (Å²) < 4.78 is 1.11. The van der Waals surface area contributed by atoms with Crippen LogP contribution in [0.2, 0.25) is 0 Å².